The number of ether oxygens (including phenoxy) is 2. The van der Waals surface area contributed by atoms with E-state index in [4.69, 9.17) is 21.1 Å². The number of benzene rings is 3. The Morgan fingerprint density at radius 3 is 2.30 bits per heavy atom. The molecular formula is C30H28ClN3O6. The van der Waals surface area contributed by atoms with Gasteiger partial charge in [0.25, 0.3) is 17.7 Å². The number of anilines is 3. The van der Waals surface area contributed by atoms with Crippen LogP contribution in [0.4, 0.5) is 17.1 Å². The lowest BCUT2D eigenvalue weighted by Crippen LogP contribution is -2.32. The molecule has 9 nitrogen and oxygen atoms in total. The second-order valence-electron chi connectivity index (χ2n) is 9.17. The van der Waals surface area contributed by atoms with Crippen LogP contribution >= 0.6 is 11.6 Å². The van der Waals surface area contributed by atoms with Gasteiger partial charge in [-0.05, 0) is 80.9 Å². The molecule has 3 amide bonds. The zero-order valence-corrected chi connectivity index (χ0v) is 23.0. The van der Waals surface area contributed by atoms with Gasteiger partial charge in [0, 0.05) is 16.9 Å². The third-order valence-electron chi connectivity index (χ3n) is 5.68. The topological polar surface area (TPSA) is 114 Å². The molecule has 0 fully saturated rings. The molecule has 1 aliphatic rings. The van der Waals surface area contributed by atoms with Crippen LogP contribution in [0.25, 0.3) is 0 Å². The van der Waals surface area contributed by atoms with Gasteiger partial charge >= 0.3 is 5.97 Å². The van der Waals surface area contributed by atoms with Gasteiger partial charge in [-0.2, -0.15) is 0 Å². The highest BCUT2D eigenvalue weighted by Gasteiger charge is 2.39. The minimum absolute atomic E-state index is 0.0351. The maximum atomic E-state index is 13.2. The zero-order chi connectivity index (χ0) is 28.8. The number of nitrogens with zero attached hydrogens (tertiary/aromatic N) is 1. The van der Waals surface area contributed by atoms with Crippen molar-refractivity contribution in [1.29, 1.82) is 0 Å². The van der Waals surface area contributed by atoms with Gasteiger partial charge < -0.3 is 20.1 Å². The number of carbonyl (C=O) groups is 4. The summed E-state index contributed by atoms with van der Waals surface area (Å²) >= 11 is 6.27. The molecule has 2 N–H and O–H groups in total. The maximum Gasteiger partial charge on any atom is 0.338 e. The van der Waals surface area contributed by atoms with Crippen molar-refractivity contribution < 1.29 is 28.7 Å². The number of hydrogen-bond acceptors (Lipinski definition) is 7. The van der Waals surface area contributed by atoms with Crippen LogP contribution < -0.4 is 20.3 Å². The Balaban J connectivity index is 1.47. The van der Waals surface area contributed by atoms with Crippen LogP contribution in [-0.2, 0) is 14.3 Å². The van der Waals surface area contributed by atoms with E-state index in [0.717, 1.165) is 4.90 Å². The minimum Gasteiger partial charge on any atom is -0.491 e. The molecule has 0 aromatic heterocycles. The van der Waals surface area contributed by atoms with Gasteiger partial charge in [-0.15, -0.1) is 0 Å². The molecule has 0 saturated heterocycles. The highest BCUT2D eigenvalue weighted by atomic mass is 35.5. The van der Waals surface area contributed by atoms with Crippen molar-refractivity contribution >= 4 is 52.4 Å². The SMILES string of the molecule is CCCOC(=O)c1cccc(N2C(=O)C(Cl)=C(Nc3cccc(C(=O)Nc4ccc(OC(C)C)cc4)c3)C2=O)c1. The number of imide groups is 1. The number of esters is 1. The van der Waals surface area contributed by atoms with Crippen LogP contribution in [0.5, 0.6) is 5.75 Å². The van der Waals surface area contributed by atoms with E-state index in [9.17, 15) is 19.2 Å². The number of nitrogens with one attached hydrogen (secondary N) is 2. The molecule has 0 spiro atoms. The second kappa shape index (κ2) is 12.5. The number of carbonyl (C=O) groups excluding carboxylic acids is 4. The molecule has 3 aromatic carbocycles. The number of hydrogen-bond donors (Lipinski definition) is 2. The molecule has 0 atom stereocenters. The van der Waals surface area contributed by atoms with E-state index >= 15 is 0 Å². The maximum absolute atomic E-state index is 13.2. The fraction of sp³-hybridized carbons (Fsp3) is 0.200. The van der Waals surface area contributed by atoms with E-state index < -0.39 is 17.8 Å². The van der Waals surface area contributed by atoms with Gasteiger partial charge in [0.1, 0.15) is 16.5 Å². The lowest BCUT2D eigenvalue weighted by atomic mass is 10.1. The molecule has 0 saturated carbocycles. The first kappa shape index (κ1) is 28.4. The molecule has 4 rings (SSSR count). The number of amides is 3. The van der Waals surface area contributed by atoms with Crippen molar-refractivity contribution in [3.8, 4) is 5.75 Å². The quantitative estimate of drug-likeness (QED) is 0.240. The predicted molar refractivity (Wildman–Crippen MR) is 153 cm³/mol. The van der Waals surface area contributed by atoms with Crippen molar-refractivity contribution in [3.63, 3.8) is 0 Å². The van der Waals surface area contributed by atoms with Crippen LogP contribution in [0.3, 0.4) is 0 Å². The fourth-order valence-electron chi connectivity index (χ4n) is 3.87. The zero-order valence-electron chi connectivity index (χ0n) is 22.2. The second-order valence-corrected chi connectivity index (χ2v) is 9.55. The summed E-state index contributed by atoms with van der Waals surface area (Å²) in [4.78, 5) is 52.2. The number of halogens is 1. The van der Waals surface area contributed by atoms with Crippen molar-refractivity contribution in [3.05, 3.63) is 94.7 Å². The van der Waals surface area contributed by atoms with Crippen LogP contribution in [-0.4, -0.2) is 36.4 Å². The van der Waals surface area contributed by atoms with E-state index in [1.807, 2.05) is 20.8 Å². The Kier molecular flexibility index (Phi) is 8.86. The summed E-state index contributed by atoms with van der Waals surface area (Å²) in [7, 11) is 0. The Hall–Kier alpha value is -4.63. The van der Waals surface area contributed by atoms with Gasteiger partial charge in [0.05, 0.1) is 24.0 Å². The van der Waals surface area contributed by atoms with Gasteiger partial charge in [-0.3, -0.25) is 14.4 Å². The third kappa shape index (κ3) is 6.50. The third-order valence-corrected chi connectivity index (χ3v) is 6.03. The predicted octanol–water partition coefficient (Wildman–Crippen LogP) is 5.73. The first-order valence-electron chi connectivity index (χ1n) is 12.7. The Morgan fingerprint density at radius 2 is 1.60 bits per heavy atom. The summed E-state index contributed by atoms with van der Waals surface area (Å²) in [6.45, 7) is 5.98. The summed E-state index contributed by atoms with van der Waals surface area (Å²) in [6, 6.07) is 19.4. The van der Waals surface area contributed by atoms with Crippen molar-refractivity contribution in [2.24, 2.45) is 0 Å². The molecule has 0 unspecified atom stereocenters. The molecule has 0 bridgehead atoms. The van der Waals surface area contributed by atoms with E-state index in [1.165, 1.54) is 24.3 Å². The normalized spacial score (nSPS) is 13.1. The van der Waals surface area contributed by atoms with Gasteiger partial charge in [0.2, 0.25) is 0 Å². The van der Waals surface area contributed by atoms with Crippen LogP contribution in [0, 0.1) is 0 Å². The average molecular weight is 562 g/mol. The molecule has 206 valence electrons. The van der Waals surface area contributed by atoms with Gasteiger partial charge in [0.15, 0.2) is 0 Å². The monoisotopic (exact) mass is 561 g/mol. The van der Waals surface area contributed by atoms with Crippen molar-refractivity contribution in [2.45, 2.75) is 33.3 Å². The molecule has 10 heteroatoms. The Morgan fingerprint density at radius 1 is 0.900 bits per heavy atom. The summed E-state index contributed by atoms with van der Waals surface area (Å²) in [6.07, 6.45) is 0.695. The van der Waals surface area contributed by atoms with E-state index in [1.54, 1.807) is 48.5 Å². The van der Waals surface area contributed by atoms with Gasteiger partial charge in [-0.1, -0.05) is 30.7 Å². The first-order chi connectivity index (χ1) is 19.2. The fourth-order valence-corrected chi connectivity index (χ4v) is 4.08. The smallest absolute Gasteiger partial charge is 0.338 e. The number of rotatable bonds is 10. The summed E-state index contributed by atoms with van der Waals surface area (Å²) in [5.41, 5.74) is 1.50. The van der Waals surface area contributed by atoms with Crippen LogP contribution in [0.15, 0.2) is 83.5 Å². The Labute approximate surface area is 236 Å². The highest BCUT2D eigenvalue weighted by Crippen LogP contribution is 2.31. The molecule has 1 aliphatic heterocycles. The summed E-state index contributed by atoms with van der Waals surface area (Å²) in [5.74, 6) is -1.68. The Bertz CT molecular complexity index is 1480. The molecule has 3 aromatic rings. The minimum atomic E-state index is -0.743. The lowest BCUT2D eigenvalue weighted by molar-refractivity contribution is -0.120. The van der Waals surface area contributed by atoms with Crippen molar-refractivity contribution in [1.82, 2.24) is 0 Å². The van der Waals surface area contributed by atoms with Crippen molar-refractivity contribution in [2.75, 3.05) is 22.1 Å². The molecule has 1 heterocycles. The molecular weight excluding hydrogens is 534 g/mol. The van der Waals surface area contributed by atoms with Crippen LogP contribution in [0.2, 0.25) is 0 Å². The largest absolute Gasteiger partial charge is 0.491 e. The van der Waals surface area contributed by atoms with Crippen LogP contribution in [0.1, 0.15) is 47.9 Å². The molecule has 40 heavy (non-hydrogen) atoms. The molecule has 0 radical (unpaired) electrons. The lowest BCUT2D eigenvalue weighted by Gasteiger charge is -2.16. The highest BCUT2D eigenvalue weighted by molar-refractivity contribution is 6.53. The van der Waals surface area contributed by atoms with Gasteiger partial charge in [-0.25, -0.2) is 9.69 Å². The average Bonchev–Trinajstić information content (AvgIpc) is 3.15. The summed E-state index contributed by atoms with van der Waals surface area (Å²) < 4.78 is 10.8. The van der Waals surface area contributed by atoms with E-state index in [0.29, 0.717) is 29.1 Å². The molecule has 0 aliphatic carbocycles. The first-order valence-corrected chi connectivity index (χ1v) is 13.1. The van der Waals surface area contributed by atoms with E-state index in [-0.39, 0.29) is 40.6 Å². The summed E-state index contributed by atoms with van der Waals surface area (Å²) in [5, 5.41) is 5.36. The standard InChI is InChI=1S/C30H28ClN3O6/c1-4-15-39-30(38)20-8-6-10-23(17-20)34-28(36)25(31)26(29(34)37)32-22-9-5-7-19(16-22)27(35)33-21-11-13-24(14-12-21)40-18(2)3/h5-14,16-18,32H,4,15H2,1-3H3,(H,33,35). The van der Waals surface area contributed by atoms with E-state index in [2.05, 4.69) is 10.6 Å².